The van der Waals surface area contributed by atoms with Gasteiger partial charge < -0.3 is 19.8 Å². The average molecular weight is 538 g/mol. The number of alkyl carbamates (subject to hydrolysis) is 1. The Morgan fingerprint density at radius 1 is 0.897 bits per heavy atom. The van der Waals surface area contributed by atoms with E-state index in [1.165, 1.54) is 0 Å². The predicted octanol–water partition coefficient (Wildman–Crippen LogP) is 3.33. The van der Waals surface area contributed by atoms with Crippen molar-refractivity contribution in [1.29, 1.82) is 0 Å². The molecule has 2 amide bonds. The van der Waals surface area contributed by atoms with Gasteiger partial charge in [0, 0.05) is 12.4 Å². The Bertz CT molecular complexity index is 1290. The monoisotopic (exact) mass is 537 g/mol. The van der Waals surface area contributed by atoms with Crippen molar-refractivity contribution in [2.45, 2.75) is 65.8 Å². The molecule has 0 saturated heterocycles. The van der Waals surface area contributed by atoms with E-state index in [-0.39, 0.29) is 31.4 Å². The molecule has 2 N–H and O–H groups in total. The lowest BCUT2D eigenvalue weighted by Gasteiger charge is -2.24. The lowest BCUT2D eigenvalue weighted by Crippen LogP contribution is -2.52. The van der Waals surface area contributed by atoms with E-state index in [1.807, 2.05) is 58.0 Å². The molecular weight excluding hydrogens is 502 g/mol. The number of hydrogen-bond acceptors (Lipinski definition) is 8. The van der Waals surface area contributed by atoms with Crippen LogP contribution in [0.25, 0.3) is 0 Å². The number of nitrogens with zero attached hydrogens (tertiary/aromatic N) is 3. The molecule has 39 heavy (non-hydrogen) atoms. The number of carbonyl (C=O) groups is 3. The standard InChI is InChI=1S/C28H35N5O6/c1-18(2)14-22(24(34)26-32-33(28(37)39-26)16-20-10-12-29-13-11-20)30-25(35)23(15-19(3)4)31-27(36)38-17-21-8-6-5-7-9-21/h5-13,18-19,22-23H,14-17H2,1-4H3,(H,30,35)(H,31,36)/t22-,23-/m0/s1. The van der Waals surface area contributed by atoms with Gasteiger partial charge in [0.25, 0.3) is 5.89 Å². The number of amides is 2. The fourth-order valence-electron chi connectivity index (χ4n) is 3.90. The van der Waals surface area contributed by atoms with Gasteiger partial charge in [0.05, 0.1) is 12.6 Å². The number of aromatic nitrogens is 3. The molecular formula is C28H35N5O6. The molecule has 0 saturated carbocycles. The van der Waals surface area contributed by atoms with E-state index < -0.39 is 41.5 Å². The highest BCUT2D eigenvalue weighted by Gasteiger charge is 2.31. The van der Waals surface area contributed by atoms with Crippen molar-refractivity contribution in [3.05, 3.63) is 82.4 Å². The molecule has 0 spiro atoms. The van der Waals surface area contributed by atoms with Gasteiger partial charge >= 0.3 is 11.8 Å². The lowest BCUT2D eigenvalue weighted by atomic mass is 9.98. The summed E-state index contributed by atoms with van der Waals surface area (Å²) in [5.74, 6) is -2.26. The Kier molecular flexibility index (Phi) is 10.5. The number of carbonyl (C=O) groups excluding carboxylic acids is 3. The first-order valence-corrected chi connectivity index (χ1v) is 12.9. The Morgan fingerprint density at radius 3 is 2.18 bits per heavy atom. The van der Waals surface area contributed by atoms with Crippen molar-refractivity contribution >= 4 is 17.8 Å². The predicted molar refractivity (Wildman–Crippen MR) is 143 cm³/mol. The lowest BCUT2D eigenvalue weighted by molar-refractivity contribution is -0.124. The number of benzene rings is 1. The number of nitrogens with one attached hydrogen (secondary N) is 2. The molecule has 0 aliphatic carbocycles. The van der Waals surface area contributed by atoms with Gasteiger partial charge in [0.15, 0.2) is 0 Å². The molecule has 0 fully saturated rings. The Labute approximate surface area is 227 Å². The van der Waals surface area contributed by atoms with E-state index >= 15 is 0 Å². The smallest absolute Gasteiger partial charge is 0.437 e. The average Bonchev–Trinajstić information content (AvgIpc) is 3.26. The van der Waals surface area contributed by atoms with Crippen LogP contribution in [0.1, 0.15) is 62.3 Å². The second-order valence-corrected chi connectivity index (χ2v) is 10.1. The first-order chi connectivity index (χ1) is 18.6. The van der Waals surface area contributed by atoms with Crippen LogP contribution in [0.15, 0.2) is 64.1 Å². The van der Waals surface area contributed by atoms with Gasteiger partial charge in [-0.05, 0) is 47.9 Å². The Hall–Kier alpha value is -4.28. The van der Waals surface area contributed by atoms with Crippen molar-refractivity contribution in [2.75, 3.05) is 0 Å². The minimum atomic E-state index is -1.01. The summed E-state index contributed by atoms with van der Waals surface area (Å²) >= 11 is 0. The topological polar surface area (TPSA) is 145 Å². The Morgan fingerprint density at radius 2 is 1.54 bits per heavy atom. The van der Waals surface area contributed by atoms with Gasteiger partial charge in [0.2, 0.25) is 11.7 Å². The minimum absolute atomic E-state index is 0.0252. The van der Waals surface area contributed by atoms with Crippen LogP contribution in [0.5, 0.6) is 0 Å². The van der Waals surface area contributed by atoms with Crippen LogP contribution in [0.2, 0.25) is 0 Å². The van der Waals surface area contributed by atoms with Crippen LogP contribution in [-0.4, -0.2) is 44.6 Å². The summed E-state index contributed by atoms with van der Waals surface area (Å²) in [6.45, 7) is 7.78. The second kappa shape index (κ2) is 14.0. The van der Waals surface area contributed by atoms with E-state index in [0.29, 0.717) is 6.42 Å². The summed E-state index contributed by atoms with van der Waals surface area (Å²) in [4.78, 5) is 55.3. The van der Waals surface area contributed by atoms with Gasteiger partial charge in [-0.3, -0.25) is 14.6 Å². The zero-order valence-electron chi connectivity index (χ0n) is 22.6. The van der Waals surface area contributed by atoms with Gasteiger partial charge in [-0.1, -0.05) is 58.0 Å². The summed E-state index contributed by atoms with van der Waals surface area (Å²) in [6, 6.07) is 10.7. The SMILES string of the molecule is CC(C)C[C@H](NC(=O)OCc1ccccc1)C(=O)N[C@@H](CC(C)C)C(=O)c1nn(Cc2ccncc2)c(=O)o1. The number of Topliss-reactive ketones (excluding diaryl/α,β-unsaturated/α-hetero) is 1. The van der Waals surface area contributed by atoms with Crippen LogP contribution in [-0.2, 0) is 22.7 Å². The van der Waals surface area contributed by atoms with Crippen molar-refractivity contribution in [3.63, 3.8) is 0 Å². The molecule has 11 heteroatoms. The van der Waals surface area contributed by atoms with Gasteiger partial charge in [-0.15, -0.1) is 5.10 Å². The molecule has 2 aromatic heterocycles. The number of ether oxygens (including phenoxy) is 1. The minimum Gasteiger partial charge on any atom is -0.445 e. The zero-order chi connectivity index (χ0) is 28.4. The highest BCUT2D eigenvalue weighted by molar-refractivity contribution is 5.99. The largest absolute Gasteiger partial charge is 0.445 e. The van der Waals surface area contributed by atoms with Crippen molar-refractivity contribution in [2.24, 2.45) is 11.8 Å². The molecule has 0 bridgehead atoms. The number of pyridine rings is 1. The summed E-state index contributed by atoms with van der Waals surface area (Å²) in [5, 5.41) is 9.41. The van der Waals surface area contributed by atoms with E-state index in [1.54, 1.807) is 24.5 Å². The van der Waals surface area contributed by atoms with E-state index in [0.717, 1.165) is 15.8 Å². The fourth-order valence-corrected chi connectivity index (χ4v) is 3.90. The zero-order valence-corrected chi connectivity index (χ0v) is 22.6. The van der Waals surface area contributed by atoms with E-state index in [4.69, 9.17) is 9.15 Å². The summed E-state index contributed by atoms with van der Waals surface area (Å²) in [7, 11) is 0. The van der Waals surface area contributed by atoms with Crippen LogP contribution in [0.3, 0.4) is 0 Å². The van der Waals surface area contributed by atoms with E-state index in [9.17, 15) is 19.2 Å². The van der Waals surface area contributed by atoms with Crippen LogP contribution >= 0.6 is 0 Å². The third-order valence-corrected chi connectivity index (χ3v) is 5.77. The quantitative estimate of drug-likeness (QED) is 0.316. The maximum absolute atomic E-state index is 13.3. The summed E-state index contributed by atoms with van der Waals surface area (Å²) in [5.41, 5.74) is 1.57. The highest BCUT2D eigenvalue weighted by atomic mass is 16.5. The first-order valence-electron chi connectivity index (χ1n) is 12.9. The summed E-state index contributed by atoms with van der Waals surface area (Å²) < 4.78 is 11.5. The van der Waals surface area contributed by atoms with Crippen LogP contribution in [0, 0.1) is 11.8 Å². The number of hydrogen-bond donors (Lipinski definition) is 2. The van der Waals surface area contributed by atoms with Gasteiger partial charge in [0.1, 0.15) is 12.6 Å². The normalized spacial score (nSPS) is 12.7. The van der Waals surface area contributed by atoms with Crippen LogP contribution < -0.4 is 16.4 Å². The molecule has 11 nitrogen and oxygen atoms in total. The maximum Gasteiger partial charge on any atom is 0.437 e. The van der Waals surface area contributed by atoms with Crippen LogP contribution in [0.4, 0.5) is 4.79 Å². The third kappa shape index (κ3) is 9.20. The summed E-state index contributed by atoms with van der Waals surface area (Å²) in [6.07, 6.45) is 3.02. The maximum atomic E-state index is 13.3. The fraction of sp³-hybridized carbons (Fsp3) is 0.429. The highest BCUT2D eigenvalue weighted by Crippen LogP contribution is 2.13. The molecule has 0 unspecified atom stereocenters. The molecule has 2 atom stereocenters. The van der Waals surface area contributed by atoms with Gasteiger partial charge in [-0.2, -0.15) is 4.68 Å². The molecule has 0 radical (unpaired) electrons. The molecule has 1 aromatic carbocycles. The molecule has 208 valence electrons. The first kappa shape index (κ1) is 29.3. The van der Waals surface area contributed by atoms with Gasteiger partial charge in [-0.25, -0.2) is 9.59 Å². The number of ketones is 1. The molecule has 3 aromatic rings. The van der Waals surface area contributed by atoms with Crippen molar-refractivity contribution in [3.8, 4) is 0 Å². The molecule has 3 rings (SSSR count). The van der Waals surface area contributed by atoms with Crippen molar-refractivity contribution < 1.29 is 23.5 Å². The third-order valence-electron chi connectivity index (χ3n) is 5.77. The van der Waals surface area contributed by atoms with E-state index in [2.05, 4.69) is 20.7 Å². The second-order valence-electron chi connectivity index (χ2n) is 10.1. The Balaban J connectivity index is 1.71. The number of rotatable bonds is 13. The molecule has 0 aliphatic heterocycles. The molecule has 0 aliphatic rings. The molecule has 2 heterocycles. The van der Waals surface area contributed by atoms with Crippen molar-refractivity contribution in [1.82, 2.24) is 25.4 Å².